The fourth-order valence-electron chi connectivity index (χ4n) is 3.74. The summed E-state index contributed by atoms with van der Waals surface area (Å²) in [5.74, 6) is -0.0525. The monoisotopic (exact) mass is 387 g/mol. The molecule has 2 amide bonds. The van der Waals surface area contributed by atoms with Crippen LogP contribution in [-0.2, 0) is 16.1 Å². The molecule has 0 fully saturated rings. The summed E-state index contributed by atoms with van der Waals surface area (Å²) in [4.78, 5) is 29.7. The number of aromatic nitrogens is 1. The van der Waals surface area contributed by atoms with Crippen molar-refractivity contribution in [3.8, 4) is 0 Å². The molecule has 1 aliphatic rings. The average Bonchev–Trinajstić information content (AvgIpc) is 3.21. The number of nitrogens with one attached hydrogen (secondary N) is 2. The molecular weight excluding hydrogens is 362 g/mol. The lowest BCUT2D eigenvalue weighted by molar-refractivity contribution is -0.133. The summed E-state index contributed by atoms with van der Waals surface area (Å²) >= 11 is 0. The largest absolute Gasteiger partial charge is 0.361 e. The first-order chi connectivity index (χ1) is 14.2. The Morgan fingerprint density at radius 2 is 1.79 bits per heavy atom. The smallest absolute Gasteiger partial charge is 0.223 e. The number of amides is 2. The Labute approximate surface area is 170 Å². The van der Waals surface area contributed by atoms with Crippen LogP contribution in [0.1, 0.15) is 30.4 Å². The van der Waals surface area contributed by atoms with E-state index in [4.69, 9.17) is 0 Å². The molecule has 29 heavy (non-hydrogen) atoms. The first-order valence-electron chi connectivity index (χ1n) is 10.0. The number of carbonyl (C=O) groups excluding carboxylic acids is 2. The van der Waals surface area contributed by atoms with E-state index in [-0.39, 0.29) is 24.7 Å². The van der Waals surface area contributed by atoms with Gasteiger partial charge in [0.15, 0.2) is 0 Å². The van der Waals surface area contributed by atoms with Crippen molar-refractivity contribution in [3.05, 3.63) is 78.0 Å². The molecule has 0 saturated carbocycles. The Balaban J connectivity index is 1.27. The molecule has 3 aromatic rings. The summed E-state index contributed by atoms with van der Waals surface area (Å²) in [6, 6.07) is 18.0. The van der Waals surface area contributed by atoms with E-state index in [0.717, 1.165) is 17.5 Å². The number of nitrogens with zero attached hydrogens (tertiary/aromatic N) is 1. The van der Waals surface area contributed by atoms with Crippen LogP contribution >= 0.6 is 0 Å². The van der Waals surface area contributed by atoms with Crippen molar-refractivity contribution in [1.82, 2.24) is 15.2 Å². The van der Waals surface area contributed by atoms with Gasteiger partial charge in [0.2, 0.25) is 11.8 Å². The van der Waals surface area contributed by atoms with Crippen LogP contribution in [0.4, 0.5) is 0 Å². The van der Waals surface area contributed by atoms with Crippen molar-refractivity contribution in [3.63, 3.8) is 0 Å². The molecule has 1 aliphatic heterocycles. The van der Waals surface area contributed by atoms with Crippen molar-refractivity contribution in [2.75, 3.05) is 13.1 Å². The van der Waals surface area contributed by atoms with E-state index in [9.17, 15) is 9.59 Å². The zero-order chi connectivity index (χ0) is 20.1. The molecule has 0 bridgehead atoms. The molecular formula is C24H25N3O2. The van der Waals surface area contributed by atoms with Gasteiger partial charge < -0.3 is 15.2 Å². The van der Waals surface area contributed by atoms with E-state index >= 15 is 0 Å². The maximum absolute atomic E-state index is 12.5. The van der Waals surface area contributed by atoms with Gasteiger partial charge in [-0.15, -0.1) is 0 Å². The standard InChI is InChI=1S/C24H25N3O2/c28-23(26-16-18-6-2-1-3-7-18)10-11-24(29)27-14-12-19(13-15-27)21-17-25-22-9-5-4-8-20(21)22/h1-9,12,17,25H,10-11,13-16H2,(H,26,28). The number of fused-ring (bicyclic) bond motifs is 1. The van der Waals surface area contributed by atoms with Crippen molar-refractivity contribution >= 4 is 28.3 Å². The zero-order valence-electron chi connectivity index (χ0n) is 16.4. The highest BCUT2D eigenvalue weighted by atomic mass is 16.2. The zero-order valence-corrected chi connectivity index (χ0v) is 16.4. The van der Waals surface area contributed by atoms with E-state index in [2.05, 4.69) is 28.5 Å². The van der Waals surface area contributed by atoms with Gasteiger partial charge in [-0.1, -0.05) is 54.6 Å². The van der Waals surface area contributed by atoms with Crippen molar-refractivity contribution in [1.29, 1.82) is 0 Å². The molecule has 0 unspecified atom stereocenters. The Kier molecular flexibility index (Phi) is 5.75. The molecule has 2 N–H and O–H groups in total. The third-order valence-electron chi connectivity index (χ3n) is 5.40. The van der Waals surface area contributed by atoms with Crippen LogP contribution in [-0.4, -0.2) is 34.8 Å². The topological polar surface area (TPSA) is 65.2 Å². The molecule has 4 rings (SSSR count). The number of H-pyrrole nitrogens is 1. The Bertz CT molecular complexity index is 1040. The second kappa shape index (κ2) is 8.78. The normalized spacial score (nSPS) is 13.9. The fourth-order valence-corrected chi connectivity index (χ4v) is 3.74. The van der Waals surface area contributed by atoms with Gasteiger partial charge in [0, 0.05) is 55.1 Å². The second-order valence-electron chi connectivity index (χ2n) is 7.33. The van der Waals surface area contributed by atoms with Gasteiger partial charge in [0.05, 0.1) is 0 Å². The minimum absolute atomic E-state index is 0.0362. The van der Waals surface area contributed by atoms with Gasteiger partial charge >= 0.3 is 0 Å². The van der Waals surface area contributed by atoms with Gasteiger partial charge in [-0.25, -0.2) is 0 Å². The Morgan fingerprint density at radius 3 is 2.59 bits per heavy atom. The summed E-state index contributed by atoms with van der Waals surface area (Å²) in [5.41, 5.74) is 4.67. The molecule has 2 heterocycles. The molecule has 0 aliphatic carbocycles. The molecule has 0 spiro atoms. The van der Waals surface area contributed by atoms with Crippen LogP contribution in [0.25, 0.3) is 16.5 Å². The maximum Gasteiger partial charge on any atom is 0.223 e. The number of benzene rings is 2. The molecule has 5 nitrogen and oxygen atoms in total. The number of hydrogen-bond donors (Lipinski definition) is 2. The van der Waals surface area contributed by atoms with Crippen molar-refractivity contribution in [2.24, 2.45) is 0 Å². The van der Waals surface area contributed by atoms with Crippen LogP contribution in [0.5, 0.6) is 0 Å². The highest BCUT2D eigenvalue weighted by molar-refractivity contribution is 5.93. The van der Waals surface area contributed by atoms with Crippen LogP contribution in [0, 0.1) is 0 Å². The number of hydrogen-bond acceptors (Lipinski definition) is 2. The molecule has 148 valence electrons. The highest BCUT2D eigenvalue weighted by Gasteiger charge is 2.19. The minimum atomic E-state index is -0.0887. The average molecular weight is 387 g/mol. The summed E-state index contributed by atoms with van der Waals surface area (Å²) in [7, 11) is 0. The molecule has 0 saturated heterocycles. The SMILES string of the molecule is O=C(CCC(=O)N1CC=C(c2c[nH]c3ccccc23)CC1)NCc1ccccc1. The van der Waals surface area contributed by atoms with E-state index < -0.39 is 0 Å². The Hall–Kier alpha value is -3.34. The summed E-state index contributed by atoms with van der Waals surface area (Å²) in [6.45, 7) is 1.78. The lowest BCUT2D eigenvalue weighted by atomic mass is 9.98. The van der Waals surface area contributed by atoms with Gasteiger partial charge in [-0.05, 0) is 23.6 Å². The molecule has 0 atom stereocenters. The first kappa shape index (κ1) is 19.0. The van der Waals surface area contributed by atoms with Crippen LogP contribution in [0.15, 0.2) is 66.9 Å². The van der Waals surface area contributed by atoms with Gasteiger partial charge in [0.1, 0.15) is 0 Å². The fraction of sp³-hybridized carbons (Fsp3) is 0.250. The quantitative estimate of drug-likeness (QED) is 0.674. The highest BCUT2D eigenvalue weighted by Crippen LogP contribution is 2.29. The van der Waals surface area contributed by atoms with Crippen molar-refractivity contribution < 1.29 is 9.59 Å². The molecule has 1 aromatic heterocycles. The van der Waals surface area contributed by atoms with Crippen LogP contribution in [0.3, 0.4) is 0 Å². The van der Waals surface area contributed by atoms with Gasteiger partial charge in [-0.3, -0.25) is 9.59 Å². The van der Waals surface area contributed by atoms with Gasteiger partial charge in [-0.2, -0.15) is 0 Å². The molecule has 5 heteroatoms. The lowest BCUT2D eigenvalue weighted by Crippen LogP contribution is -2.35. The van der Waals surface area contributed by atoms with Gasteiger partial charge in [0.25, 0.3) is 0 Å². The first-order valence-corrected chi connectivity index (χ1v) is 10.0. The van der Waals surface area contributed by atoms with Crippen LogP contribution < -0.4 is 5.32 Å². The van der Waals surface area contributed by atoms with E-state index in [1.807, 2.05) is 53.6 Å². The summed E-state index contributed by atoms with van der Waals surface area (Å²) < 4.78 is 0. The number of aromatic amines is 1. The third kappa shape index (κ3) is 4.57. The molecule has 0 radical (unpaired) electrons. The predicted octanol–water partition coefficient (Wildman–Crippen LogP) is 3.88. The summed E-state index contributed by atoms with van der Waals surface area (Å²) in [5, 5.41) is 4.09. The number of para-hydroxylation sites is 1. The number of carbonyl (C=O) groups is 2. The summed E-state index contributed by atoms with van der Waals surface area (Å²) in [6.07, 6.45) is 5.48. The van der Waals surface area contributed by atoms with Crippen LogP contribution in [0.2, 0.25) is 0 Å². The van der Waals surface area contributed by atoms with E-state index in [1.54, 1.807) is 0 Å². The predicted molar refractivity (Wildman–Crippen MR) is 115 cm³/mol. The molecule has 2 aromatic carbocycles. The van der Waals surface area contributed by atoms with E-state index in [0.29, 0.717) is 19.6 Å². The number of rotatable bonds is 6. The second-order valence-corrected chi connectivity index (χ2v) is 7.33. The lowest BCUT2D eigenvalue weighted by Gasteiger charge is -2.26. The maximum atomic E-state index is 12.5. The van der Waals surface area contributed by atoms with Crippen molar-refractivity contribution in [2.45, 2.75) is 25.8 Å². The van der Waals surface area contributed by atoms with E-state index in [1.165, 1.54) is 16.5 Å². The minimum Gasteiger partial charge on any atom is -0.361 e. The Morgan fingerprint density at radius 1 is 1.00 bits per heavy atom. The third-order valence-corrected chi connectivity index (χ3v) is 5.40.